The fourth-order valence-electron chi connectivity index (χ4n) is 2.76. The van der Waals surface area contributed by atoms with Crippen molar-refractivity contribution < 1.29 is 9.59 Å². The van der Waals surface area contributed by atoms with Gasteiger partial charge in [-0.3, -0.25) is 9.59 Å². The van der Waals surface area contributed by atoms with Crippen LogP contribution < -0.4 is 10.6 Å². The number of carbonyl (C=O) groups is 2. The number of rotatable bonds is 2. The van der Waals surface area contributed by atoms with Crippen LogP contribution in [0, 0.1) is 5.92 Å². The molecule has 3 rings (SSSR count). The van der Waals surface area contributed by atoms with E-state index < -0.39 is 5.92 Å². The zero-order chi connectivity index (χ0) is 14.8. The summed E-state index contributed by atoms with van der Waals surface area (Å²) < 4.78 is 0.911. The largest absolute Gasteiger partial charge is 0.317 e. The summed E-state index contributed by atoms with van der Waals surface area (Å²) in [7, 11) is 0. The number of halogens is 1. The predicted molar refractivity (Wildman–Crippen MR) is 83.1 cm³/mol. The van der Waals surface area contributed by atoms with Crippen LogP contribution in [0.25, 0.3) is 0 Å². The van der Waals surface area contributed by atoms with Crippen LogP contribution in [-0.2, 0) is 9.59 Å². The maximum Gasteiger partial charge on any atom is 0.264 e. The van der Waals surface area contributed by atoms with Crippen molar-refractivity contribution in [3.05, 3.63) is 34.3 Å². The lowest BCUT2D eigenvalue weighted by Crippen LogP contribution is -2.47. The maximum atomic E-state index is 12.3. The topological polar surface area (TPSA) is 70.6 Å². The molecule has 1 aromatic rings. The average molecular weight is 350 g/mol. The SMILES string of the molecule is O=C1N=C(C2CCNCC2)NC(=O)C1c1ccc(Br)cc1. The van der Waals surface area contributed by atoms with E-state index in [-0.39, 0.29) is 17.7 Å². The van der Waals surface area contributed by atoms with Gasteiger partial charge in [-0.05, 0) is 43.6 Å². The molecule has 6 heteroatoms. The minimum absolute atomic E-state index is 0.171. The van der Waals surface area contributed by atoms with Crippen LogP contribution in [0.1, 0.15) is 24.3 Å². The molecule has 0 bridgehead atoms. The highest BCUT2D eigenvalue weighted by Gasteiger charge is 2.35. The Morgan fingerprint density at radius 1 is 1.10 bits per heavy atom. The number of hydrogen-bond donors (Lipinski definition) is 2. The van der Waals surface area contributed by atoms with E-state index in [2.05, 4.69) is 31.6 Å². The number of benzene rings is 1. The number of amides is 2. The molecule has 2 amide bonds. The molecule has 5 nitrogen and oxygen atoms in total. The van der Waals surface area contributed by atoms with Crippen LogP contribution in [0.4, 0.5) is 0 Å². The third-order valence-electron chi connectivity index (χ3n) is 3.92. The van der Waals surface area contributed by atoms with Gasteiger partial charge in [0.25, 0.3) is 5.91 Å². The number of piperidine rings is 1. The zero-order valence-corrected chi connectivity index (χ0v) is 13.0. The normalized spacial score (nSPS) is 23.7. The minimum atomic E-state index is -0.830. The van der Waals surface area contributed by atoms with Gasteiger partial charge < -0.3 is 10.6 Å². The number of hydrogen-bond acceptors (Lipinski definition) is 3. The van der Waals surface area contributed by atoms with Crippen molar-refractivity contribution in [1.82, 2.24) is 10.6 Å². The number of nitrogens with one attached hydrogen (secondary N) is 2. The first-order valence-corrected chi connectivity index (χ1v) is 7.84. The number of aliphatic imine (C=N–C) groups is 1. The molecule has 0 spiro atoms. The Hall–Kier alpha value is -1.53. The first-order valence-electron chi connectivity index (χ1n) is 7.04. The van der Waals surface area contributed by atoms with Crippen LogP contribution in [0.3, 0.4) is 0 Å². The molecule has 1 atom stereocenters. The first kappa shape index (κ1) is 14.4. The summed E-state index contributed by atoms with van der Waals surface area (Å²) in [6, 6.07) is 7.19. The summed E-state index contributed by atoms with van der Waals surface area (Å²) in [6.45, 7) is 1.79. The van der Waals surface area contributed by atoms with Gasteiger partial charge in [0, 0.05) is 10.4 Å². The van der Waals surface area contributed by atoms with E-state index in [1.807, 2.05) is 12.1 Å². The minimum Gasteiger partial charge on any atom is -0.317 e. The number of carbonyl (C=O) groups excluding carboxylic acids is 2. The molecular weight excluding hydrogens is 334 g/mol. The fourth-order valence-corrected chi connectivity index (χ4v) is 3.02. The monoisotopic (exact) mass is 349 g/mol. The lowest BCUT2D eigenvalue weighted by molar-refractivity contribution is -0.130. The van der Waals surface area contributed by atoms with Gasteiger partial charge in [-0.2, -0.15) is 4.99 Å². The van der Waals surface area contributed by atoms with Crippen molar-refractivity contribution in [2.45, 2.75) is 18.8 Å². The second-order valence-corrected chi connectivity index (χ2v) is 6.25. The molecule has 1 unspecified atom stereocenters. The molecule has 0 aromatic heterocycles. The zero-order valence-electron chi connectivity index (χ0n) is 11.4. The van der Waals surface area contributed by atoms with Crippen LogP contribution in [-0.4, -0.2) is 30.7 Å². The molecule has 2 aliphatic rings. The molecular formula is C15H16BrN3O2. The van der Waals surface area contributed by atoms with Crippen molar-refractivity contribution in [2.24, 2.45) is 10.9 Å². The van der Waals surface area contributed by atoms with Crippen LogP contribution in [0.15, 0.2) is 33.7 Å². The summed E-state index contributed by atoms with van der Waals surface area (Å²) in [5.74, 6) is -0.756. The van der Waals surface area contributed by atoms with E-state index in [0.29, 0.717) is 11.4 Å². The van der Waals surface area contributed by atoms with Crippen molar-refractivity contribution >= 4 is 33.6 Å². The van der Waals surface area contributed by atoms with E-state index in [0.717, 1.165) is 30.4 Å². The molecule has 2 N–H and O–H groups in total. The lowest BCUT2D eigenvalue weighted by atomic mass is 9.92. The highest BCUT2D eigenvalue weighted by atomic mass is 79.9. The van der Waals surface area contributed by atoms with Gasteiger partial charge in [0.1, 0.15) is 11.8 Å². The number of amidine groups is 1. The molecule has 0 aliphatic carbocycles. The van der Waals surface area contributed by atoms with Gasteiger partial charge in [0.05, 0.1) is 0 Å². The summed E-state index contributed by atoms with van der Waals surface area (Å²) in [5, 5.41) is 6.09. The van der Waals surface area contributed by atoms with Crippen molar-refractivity contribution in [3.63, 3.8) is 0 Å². The van der Waals surface area contributed by atoms with Gasteiger partial charge in [-0.25, -0.2) is 0 Å². The molecule has 110 valence electrons. The van der Waals surface area contributed by atoms with Crippen LogP contribution in [0.5, 0.6) is 0 Å². The molecule has 1 fully saturated rings. The molecule has 21 heavy (non-hydrogen) atoms. The van der Waals surface area contributed by atoms with Crippen molar-refractivity contribution in [1.29, 1.82) is 0 Å². The van der Waals surface area contributed by atoms with E-state index in [4.69, 9.17) is 0 Å². The second kappa shape index (κ2) is 6.07. The molecule has 1 saturated heterocycles. The summed E-state index contributed by atoms with van der Waals surface area (Å²) in [4.78, 5) is 28.7. The summed E-state index contributed by atoms with van der Waals surface area (Å²) >= 11 is 3.34. The molecule has 1 aromatic carbocycles. The van der Waals surface area contributed by atoms with E-state index >= 15 is 0 Å². The van der Waals surface area contributed by atoms with Gasteiger partial charge >= 0.3 is 0 Å². The predicted octanol–water partition coefficient (Wildman–Crippen LogP) is 1.59. The molecule has 0 radical (unpaired) electrons. The average Bonchev–Trinajstić information content (AvgIpc) is 2.49. The number of nitrogens with zero attached hydrogens (tertiary/aromatic N) is 1. The third kappa shape index (κ3) is 3.06. The Morgan fingerprint density at radius 3 is 2.38 bits per heavy atom. The summed E-state index contributed by atoms with van der Waals surface area (Å²) in [6.07, 6.45) is 1.80. The Balaban J connectivity index is 1.83. The lowest BCUT2D eigenvalue weighted by Gasteiger charge is -2.28. The molecule has 2 heterocycles. The Kier molecular flexibility index (Phi) is 4.17. The fraction of sp³-hybridized carbons (Fsp3) is 0.400. The van der Waals surface area contributed by atoms with Gasteiger partial charge in [-0.15, -0.1) is 0 Å². The quantitative estimate of drug-likeness (QED) is 0.796. The Labute approximate surface area is 131 Å². The van der Waals surface area contributed by atoms with E-state index in [1.54, 1.807) is 12.1 Å². The smallest absolute Gasteiger partial charge is 0.264 e. The first-order chi connectivity index (χ1) is 10.1. The third-order valence-corrected chi connectivity index (χ3v) is 4.45. The van der Waals surface area contributed by atoms with Crippen molar-refractivity contribution in [3.8, 4) is 0 Å². The Morgan fingerprint density at radius 2 is 1.76 bits per heavy atom. The Bertz CT molecular complexity index is 591. The molecule has 2 aliphatic heterocycles. The second-order valence-electron chi connectivity index (χ2n) is 5.33. The van der Waals surface area contributed by atoms with Gasteiger partial charge in [0.15, 0.2) is 0 Å². The van der Waals surface area contributed by atoms with E-state index in [9.17, 15) is 9.59 Å². The van der Waals surface area contributed by atoms with Crippen LogP contribution >= 0.6 is 15.9 Å². The summed E-state index contributed by atoms with van der Waals surface area (Å²) in [5.41, 5.74) is 0.675. The van der Waals surface area contributed by atoms with Crippen LogP contribution in [0.2, 0.25) is 0 Å². The highest BCUT2D eigenvalue weighted by Crippen LogP contribution is 2.24. The molecule has 0 saturated carbocycles. The van der Waals surface area contributed by atoms with E-state index in [1.165, 1.54) is 0 Å². The maximum absolute atomic E-state index is 12.3. The van der Waals surface area contributed by atoms with Gasteiger partial charge in [0.2, 0.25) is 5.91 Å². The van der Waals surface area contributed by atoms with Gasteiger partial charge in [-0.1, -0.05) is 28.1 Å². The highest BCUT2D eigenvalue weighted by molar-refractivity contribution is 9.10. The van der Waals surface area contributed by atoms with Crippen molar-refractivity contribution in [2.75, 3.05) is 13.1 Å². The standard InChI is InChI=1S/C15H16BrN3O2/c16-11-3-1-9(2-4-11)12-14(20)18-13(19-15(12)21)10-5-7-17-8-6-10/h1-4,10,12,17H,5-8H2,(H,18,19,20,21).